The summed E-state index contributed by atoms with van der Waals surface area (Å²) in [6.07, 6.45) is 0. The van der Waals surface area contributed by atoms with E-state index in [-0.39, 0.29) is 0 Å². The highest BCUT2D eigenvalue weighted by Crippen LogP contribution is 2.21. The predicted molar refractivity (Wildman–Crippen MR) is 55.0 cm³/mol. The molecular formula is C9H18N4. The molecule has 0 saturated carbocycles. The molecule has 1 aromatic rings. The van der Waals surface area contributed by atoms with Crippen molar-refractivity contribution < 1.29 is 0 Å². The lowest BCUT2D eigenvalue weighted by molar-refractivity contribution is 0.692. The molecule has 1 atom stereocenters. The van der Waals surface area contributed by atoms with Crippen LogP contribution in [0.15, 0.2) is 0 Å². The number of anilines is 1. The topological polar surface area (TPSA) is 57.9 Å². The standard InChI is InChI=1S/C9H18N4/c1-6(5-10)13(4)9-7(2)11-12-8(9)3/h6H,5,10H2,1-4H3,(H,11,12). The van der Waals surface area contributed by atoms with Crippen LogP contribution >= 0.6 is 0 Å². The van der Waals surface area contributed by atoms with Crippen molar-refractivity contribution in [1.29, 1.82) is 0 Å². The number of aromatic nitrogens is 2. The Balaban J connectivity index is 2.93. The maximum Gasteiger partial charge on any atom is 0.0827 e. The van der Waals surface area contributed by atoms with Crippen molar-refractivity contribution in [1.82, 2.24) is 10.2 Å². The van der Waals surface area contributed by atoms with Crippen LogP contribution in [0, 0.1) is 13.8 Å². The molecule has 1 unspecified atom stereocenters. The zero-order valence-corrected chi connectivity index (χ0v) is 8.76. The molecule has 4 nitrogen and oxygen atoms in total. The first kappa shape index (κ1) is 10.1. The third kappa shape index (κ3) is 1.83. The molecule has 74 valence electrons. The SMILES string of the molecule is Cc1n[nH]c(C)c1N(C)C(C)CN. The number of aromatic amines is 1. The number of rotatable bonds is 3. The van der Waals surface area contributed by atoms with Gasteiger partial charge in [-0.25, -0.2) is 0 Å². The molecule has 0 aliphatic heterocycles. The summed E-state index contributed by atoms with van der Waals surface area (Å²) in [7, 11) is 2.04. The van der Waals surface area contributed by atoms with Crippen LogP contribution in [0.3, 0.4) is 0 Å². The second kappa shape index (κ2) is 3.79. The van der Waals surface area contributed by atoms with E-state index >= 15 is 0 Å². The van der Waals surface area contributed by atoms with Gasteiger partial charge in [-0.15, -0.1) is 0 Å². The van der Waals surface area contributed by atoms with Gasteiger partial charge in [0, 0.05) is 19.6 Å². The zero-order valence-electron chi connectivity index (χ0n) is 8.76. The Morgan fingerprint density at radius 2 is 2.15 bits per heavy atom. The summed E-state index contributed by atoms with van der Waals surface area (Å²) in [5.41, 5.74) is 8.90. The number of nitrogens with two attached hydrogens (primary N) is 1. The molecule has 13 heavy (non-hydrogen) atoms. The minimum absolute atomic E-state index is 0.343. The van der Waals surface area contributed by atoms with Crippen molar-refractivity contribution >= 4 is 5.69 Å². The number of aryl methyl sites for hydroxylation is 2. The number of nitrogens with zero attached hydrogens (tertiary/aromatic N) is 2. The zero-order chi connectivity index (χ0) is 10.0. The maximum atomic E-state index is 5.61. The van der Waals surface area contributed by atoms with Crippen LogP contribution in [0.4, 0.5) is 5.69 Å². The summed E-state index contributed by atoms with van der Waals surface area (Å²) in [6, 6.07) is 0.343. The van der Waals surface area contributed by atoms with E-state index in [4.69, 9.17) is 5.73 Å². The van der Waals surface area contributed by atoms with Crippen LogP contribution in [0.25, 0.3) is 0 Å². The highest BCUT2D eigenvalue weighted by atomic mass is 15.2. The summed E-state index contributed by atoms with van der Waals surface area (Å²) in [6.45, 7) is 6.78. The highest BCUT2D eigenvalue weighted by Gasteiger charge is 2.14. The van der Waals surface area contributed by atoms with Crippen molar-refractivity contribution in [3.63, 3.8) is 0 Å². The molecule has 0 bridgehead atoms. The van der Waals surface area contributed by atoms with Gasteiger partial charge in [-0.05, 0) is 20.8 Å². The minimum atomic E-state index is 0.343. The lowest BCUT2D eigenvalue weighted by Gasteiger charge is -2.25. The number of hydrogen-bond acceptors (Lipinski definition) is 3. The summed E-state index contributed by atoms with van der Waals surface area (Å²) >= 11 is 0. The fourth-order valence-corrected chi connectivity index (χ4v) is 1.44. The van der Waals surface area contributed by atoms with E-state index in [2.05, 4.69) is 22.0 Å². The van der Waals surface area contributed by atoms with E-state index in [1.54, 1.807) is 0 Å². The lowest BCUT2D eigenvalue weighted by Crippen LogP contribution is -2.35. The van der Waals surface area contributed by atoms with Gasteiger partial charge in [-0.2, -0.15) is 5.10 Å². The summed E-state index contributed by atoms with van der Waals surface area (Å²) in [5, 5.41) is 7.11. The second-order valence-electron chi connectivity index (χ2n) is 3.48. The van der Waals surface area contributed by atoms with Crippen molar-refractivity contribution in [2.75, 3.05) is 18.5 Å². The number of H-pyrrole nitrogens is 1. The van der Waals surface area contributed by atoms with E-state index in [9.17, 15) is 0 Å². The Morgan fingerprint density at radius 1 is 1.54 bits per heavy atom. The molecule has 1 heterocycles. The number of likely N-dealkylation sites (N-methyl/N-ethyl adjacent to an activating group) is 1. The molecular weight excluding hydrogens is 164 g/mol. The van der Waals surface area contributed by atoms with Gasteiger partial charge in [0.2, 0.25) is 0 Å². The molecule has 0 radical (unpaired) electrons. The average molecular weight is 182 g/mol. The van der Waals surface area contributed by atoms with Crippen LogP contribution in [-0.4, -0.2) is 29.8 Å². The predicted octanol–water partition coefficient (Wildman–Crippen LogP) is 0.810. The Morgan fingerprint density at radius 3 is 2.54 bits per heavy atom. The Kier molecular flexibility index (Phi) is 2.93. The quantitative estimate of drug-likeness (QED) is 0.727. The van der Waals surface area contributed by atoms with Crippen molar-refractivity contribution in [3.05, 3.63) is 11.4 Å². The molecule has 0 aliphatic rings. The fourth-order valence-electron chi connectivity index (χ4n) is 1.44. The van der Waals surface area contributed by atoms with Gasteiger partial charge >= 0.3 is 0 Å². The molecule has 0 spiro atoms. The molecule has 3 N–H and O–H groups in total. The van der Waals surface area contributed by atoms with Gasteiger partial charge in [0.25, 0.3) is 0 Å². The Hall–Kier alpha value is -1.03. The number of nitrogens with one attached hydrogen (secondary N) is 1. The van der Waals surface area contributed by atoms with Gasteiger partial charge in [0.05, 0.1) is 17.1 Å². The van der Waals surface area contributed by atoms with E-state index in [0.29, 0.717) is 12.6 Å². The molecule has 0 fully saturated rings. The lowest BCUT2D eigenvalue weighted by atomic mass is 10.2. The molecule has 1 rings (SSSR count). The first-order valence-electron chi connectivity index (χ1n) is 4.52. The van der Waals surface area contributed by atoms with E-state index in [1.165, 1.54) is 0 Å². The van der Waals surface area contributed by atoms with Crippen LogP contribution in [0.1, 0.15) is 18.3 Å². The molecule has 0 aliphatic carbocycles. The van der Waals surface area contributed by atoms with E-state index in [0.717, 1.165) is 17.1 Å². The second-order valence-corrected chi connectivity index (χ2v) is 3.48. The van der Waals surface area contributed by atoms with E-state index < -0.39 is 0 Å². The maximum absolute atomic E-state index is 5.61. The molecule has 0 aromatic carbocycles. The molecule has 4 heteroatoms. The largest absolute Gasteiger partial charge is 0.368 e. The van der Waals surface area contributed by atoms with Crippen molar-refractivity contribution in [2.24, 2.45) is 5.73 Å². The average Bonchev–Trinajstić information content (AvgIpc) is 2.44. The van der Waals surface area contributed by atoms with E-state index in [1.807, 2.05) is 20.9 Å². The van der Waals surface area contributed by atoms with Crippen LogP contribution in [-0.2, 0) is 0 Å². The first-order valence-corrected chi connectivity index (χ1v) is 4.52. The minimum Gasteiger partial charge on any atom is -0.368 e. The van der Waals surface area contributed by atoms with Crippen LogP contribution in [0.2, 0.25) is 0 Å². The van der Waals surface area contributed by atoms with Gasteiger partial charge in [-0.1, -0.05) is 0 Å². The molecule has 0 saturated heterocycles. The Bertz CT molecular complexity index is 260. The van der Waals surface area contributed by atoms with Gasteiger partial charge in [0.1, 0.15) is 0 Å². The third-order valence-electron chi connectivity index (χ3n) is 2.44. The summed E-state index contributed by atoms with van der Waals surface area (Å²) in [5.74, 6) is 0. The molecule has 1 aromatic heterocycles. The van der Waals surface area contributed by atoms with Gasteiger partial charge < -0.3 is 10.6 Å². The Labute approximate surface area is 79.1 Å². The van der Waals surface area contributed by atoms with Crippen molar-refractivity contribution in [3.8, 4) is 0 Å². The fraction of sp³-hybridized carbons (Fsp3) is 0.667. The van der Waals surface area contributed by atoms with Crippen LogP contribution in [0.5, 0.6) is 0 Å². The van der Waals surface area contributed by atoms with Crippen LogP contribution < -0.4 is 10.6 Å². The first-order chi connectivity index (χ1) is 6.07. The molecule has 0 amide bonds. The normalized spacial score (nSPS) is 13.0. The number of hydrogen-bond donors (Lipinski definition) is 2. The third-order valence-corrected chi connectivity index (χ3v) is 2.44. The van der Waals surface area contributed by atoms with Gasteiger partial charge in [-0.3, -0.25) is 5.10 Å². The van der Waals surface area contributed by atoms with Crippen molar-refractivity contribution in [2.45, 2.75) is 26.8 Å². The monoisotopic (exact) mass is 182 g/mol. The highest BCUT2D eigenvalue weighted by molar-refractivity contribution is 5.54. The summed E-state index contributed by atoms with van der Waals surface area (Å²) in [4.78, 5) is 2.16. The van der Waals surface area contributed by atoms with Gasteiger partial charge in [0.15, 0.2) is 0 Å². The smallest absolute Gasteiger partial charge is 0.0827 e. The summed E-state index contributed by atoms with van der Waals surface area (Å²) < 4.78 is 0.